The maximum Gasteiger partial charge on any atom is 0.317 e. The second-order valence-corrected chi connectivity index (χ2v) is 4.67. The number of ether oxygens (including phenoxy) is 2. The van der Waals surface area contributed by atoms with Crippen LogP contribution < -0.4 is 5.32 Å². The molecule has 0 aromatic rings. The summed E-state index contributed by atoms with van der Waals surface area (Å²) in [5.41, 5.74) is 0. The van der Waals surface area contributed by atoms with Crippen LogP contribution in [0.4, 0.5) is 4.79 Å². The molecule has 2 heterocycles. The van der Waals surface area contributed by atoms with Gasteiger partial charge in [0.1, 0.15) is 0 Å². The fourth-order valence-electron chi connectivity index (χ4n) is 2.26. The van der Waals surface area contributed by atoms with E-state index >= 15 is 0 Å². The Balaban J connectivity index is 1.83. The van der Waals surface area contributed by atoms with Crippen molar-refractivity contribution in [3.05, 3.63) is 0 Å². The highest BCUT2D eigenvalue weighted by molar-refractivity contribution is 5.74. The number of urea groups is 1. The predicted molar refractivity (Wildman–Crippen MR) is 59.3 cm³/mol. The number of carbonyl (C=O) groups excluding carboxylic acids is 1. The van der Waals surface area contributed by atoms with Gasteiger partial charge in [-0.25, -0.2) is 4.79 Å². The summed E-state index contributed by atoms with van der Waals surface area (Å²) in [6, 6.07) is 0.193. The third-order valence-corrected chi connectivity index (χ3v) is 2.96. The van der Waals surface area contributed by atoms with E-state index in [0.717, 1.165) is 13.0 Å². The number of rotatable bonds is 1. The largest absolute Gasteiger partial charge is 0.379 e. The Bertz CT molecular complexity index is 244. The molecule has 2 saturated heterocycles. The smallest absolute Gasteiger partial charge is 0.317 e. The van der Waals surface area contributed by atoms with Gasteiger partial charge >= 0.3 is 6.03 Å². The third kappa shape index (κ3) is 2.86. The molecule has 5 heteroatoms. The molecule has 0 aliphatic carbocycles. The normalized spacial score (nSPS) is 35.1. The summed E-state index contributed by atoms with van der Waals surface area (Å²) < 4.78 is 10.8. The maximum absolute atomic E-state index is 11.9. The molecular weight excluding hydrogens is 208 g/mol. The van der Waals surface area contributed by atoms with Gasteiger partial charge in [-0.3, -0.25) is 0 Å². The number of carbonyl (C=O) groups is 1. The van der Waals surface area contributed by atoms with Crippen molar-refractivity contribution in [3.63, 3.8) is 0 Å². The summed E-state index contributed by atoms with van der Waals surface area (Å²) in [4.78, 5) is 13.8. The zero-order valence-electron chi connectivity index (χ0n) is 9.94. The minimum absolute atomic E-state index is 0.0116. The molecule has 2 aliphatic rings. The van der Waals surface area contributed by atoms with E-state index in [2.05, 4.69) is 5.32 Å². The van der Waals surface area contributed by atoms with Crippen LogP contribution in [0, 0.1) is 0 Å². The van der Waals surface area contributed by atoms with Crippen LogP contribution in [-0.4, -0.2) is 55.5 Å². The van der Waals surface area contributed by atoms with Gasteiger partial charge < -0.3 is 19.7 Å². The zero-order chi connectivity index (χ0) is 11.5. The lowest BCUT2D eigenvalue weighted by Crippen LogP contribution is -2.53. The van der Waals surface area contributed by atoms with Crippen molar-refractivity contribution in [1.82, 2.24) is 10.2 Å². The number of nitrogens with one attached hydrogen (secondary N) is 1. The first-order valence-corrected chi connectivity index (χ1v) is 5.94. The van der Waals surface area contributed by atoms with Crippen molar-refractivity contribution in [3.8, 4) is 0 Å². The van der Waals surface area contributed by atoms with E-state index in [1.54, 1.807) is 0 Å². The van der Waals surface area contributed by atoms with Crippen LogP contribution in [0.15, 0.2) is 0 Å². The summed E-state index contributed by atoms with van der Waals surface area (Å²) in [5, 5.41) is 3.00. The molecule has 0 spiro atoms. The van der Waals surface area contributed by atoms with Crippen LogP contribution in [0.5, 0.6) is 0 Å². The Morgan fingerprint density at radius 1 is 1.31 bits per heavy atom. The van der Waals surface area contributed by atoms with Crippen molar-refractivity contribution < 1.29 is 14.3 Å². The fraction of sp³-hybridized carbons (Fsp3) is 0.909. The van der Waals surface area contributed by atoms with Crippen LogP contribution in [0.2, 0.25) is 0 Å². The van der Waals surface area contributed by atoms with E-state index in [9.17, 15) is 4.79 Å². The highest BCUT2D eigenvalue weighted by Crippen LogP contribution is 2.11. The van der Waals surface area contributed by atoms with Gasteiger partial charge in [0.05, 0.1) is 24.9 Å². The molecular formula is C11H20N2O3. The summed E-state index contributed by atoms with van der Waals surface area (Å²) in [6.07, 6.45) is 1.16. The lowest BCUT2D eigenvalue weighted by Gasteiger charge is -2.35. The van der Waals surface area contributed by atoms with Crippen molar-refractivity contribution in [2.24, 2.45) is 0 Å². The van der Waals surface area contributed by atoms with Crippen molar-refractivity contribution >= 4 is 6.03 Å². The number of morpholine rings is 1. The van der Waals surface area contributed by atoms with E-state index in [-0.39, 0.29) is 24.3 Å². The van der Waals surface area contributed by atoms with Crippen molar-refractivity contribution in [1.29, 1.82) is 0 Å². The Morgan fingerprint density at radius 3 is 2.56 bits per heavy atom. The first kappa shape index (κ1) is 11.7. The van der Waals surface area contributed by atoms with Gasteiger partial charge in [-0.2, -0.15) is 0 Å². The Labute approximate surface area is 96.1 Å². The molecule has 3 unspecified atom stereocenters. The number of nitrogens with zero attached hydrogens (tertiary/aromatic N) is 1. The molecule has 2 amide bonds. The maximum atomic E-state index is 11.9. The van der Waals surface area contributed by atoms with Crippen LogP contribution in [0.25, 0.3) is 0 Å². The van der Waals surface area contributed by atoms with Crippen molar-refractivity contribution in [2.75, 3.05) is 26.3 Å². The van der Waals surface area contributed by atoms with Gasteiger partial charge in [0, 0.05) is 19.7 Å². The van der Waals surface area contributed by atoms with E-state index < -0.39 is 0 Å². The molecule has 3 atom stereocenters. The minimum Gasteiger partial charge on any atom is -0.379 e. The van der Waals surface area contributed by atoms with Gasteiger partial charge in [0.15, 0.2) is 0 Å². The number of hydrogen-bond acceptors (Lipinski definition) is 3. The monoisotopic (exact) mass is 228 g/mol. The molecule has 2 fully saturated rings. The summed E-state index contributed by atoms with van der Waals surface area (Å²) in [7, 11) is 0. The molecule has 2 rings (SSSR count). The fourth-order valence-corrected chi connectivity index (χ4v) is 2.26. The molecule has 16 heavy (non-hydrogen) atoms. The van der Waals surface area contributed by atoms with Crippen LogP contribution in [-0.2, 0) is 9.47 Å². The van der Waals surface area contributed by atoms with Crippen LogP contribution in [0.3, 0.4) is 0 Å². The molecule has 5 nitrogen and oxygen atoms in total. The van der Waals surface area contributed by atoms with Gasteiger partial charge in [0.25, 0.3) is 0 Å². The first-order chi connectivity index (χ1) is 7.65. The van der Waals surface area contributed by atoms with Gasteiger partial charge in [-0.05, 0) is 20.3 Å². The predicted octanol–water partition coefficient (Wildman–Crippen LogP) is 0.594. The SMILES string of the molecule is CC1CN(C(=O)NC2CCOC2)CC(C)O1. The second kappa shape index (κ2) is 5.01. The summed E-state index contributed by atoms with van der Waals surface area (Å²) >= 11 is 0. The quantitative estimate of drug-likeness (QED) is 0.715. The van der Waals surface area contributed by atoms with E-state index in [0.29, 0.717) is 19.7 Å². The van der Waals surface area contributed by atoms with E-state index in [1.807, 2.05) is 18.7 Å². The van der Waals surface area contributed by atoms with Crippen LogP contribution in [0.1, 0.15) is 20.3 Å². The topological polar surface area (TPSA) is 50.8 Å². The van der Waals surface area contributed by atoms with Crippen LogP contribution >= 0.6 is 0 Å². The number of hydrogen-bond donors (Lipinski definition) is 1. The van der Waals surface area contributed by atoms with E-state index in [4.69, 9.17) is 9.47 Å². The molecule has 0 aromatic heterocycles. The third-order valence-electron chi connectivity index (χ3n) is 2.96. The lowest BCUT2D eigenvalue weighted by molar-refractivity contribution is -0.0547. The average Bonchev–Trinajstić information content (AvgIpc) is 2.68. The molecule has 2 aliphatic heterocycles. The molecule has 0 radical (unpaired) electrons. The van der Waals surface area contributed by atoms with Gasteiger partial charge in [-0.1, -0.05) is 0 Å². The summed E-state index contributed by atoms with van der Waals surface area (Å²) in [5.74, 6) is 0. The lowest BCUT2D eigenvalue weighted by atomic mass is 10.2. The highest BCUT2D eigenvalue weighted by atomic mass is 16.5. The molecule has 92 valence electrons. The molecule has 0 aromatic carbocycles. The van der Waals surface area contributed by atoms with Crippen molar-refractivity contribution in [2.45, 2.75) is 38.5 Å². The van der Waals surface area contributed by atoms with Gasteiger partial charge in [-0.15, -0.1) is 0 Å². The minimum atomic E-state index is 0.0116. The zero-order valence-corrected chi connectivity index (χ0v) is 9.94. The Kier molecular flexibility index (Phi) is 3.66. The highest BCUT2D eigenvalue weighted by Gasteiger charge is 2.27. The first-order valence-electron chi connectivity index (χ1n) is 5.94. The van der Waals surface area contributed by atoms with E-state index in [1.165, 1.54) is 0 Å². The van der Waals surface area contributed by atoms with Gasteiger partial charge in [0.2, 0.25) is 0 Å². The number of amides is 2. The summed E-state index contributed by atoms with van der Waals surface area (Å²) in [6.45, 7) is 6.72. The Morgan fingerprint density at radius 2 is 2.00 bits per heavy atom. The molecule has 0 saturated carbocycles. The average molecular weight is 228 g/mol. The standard InChI is InChI=1S/C11H20N2O3/c1-8-5-13(6-9(2)16-8)11(14)12-10-3-4-15-7-10/h8-10H,3-7H2,1-2H3,(H,12,14). The second-order valence-electron chi connectivity index (χ2n) is 4.67. The Hall–Kier alpha value is -0.810. The molecule has 1 N–H and O–H groups in total. The molecule has 0 bridgehead atoms.